The fourth-order valence-electron chi connectivity index (χ4n) is 2.96. The van der Waals surface area contributed by atoms with Crippen LogP contribution >= 0.6 is 23.1 Å². The van der Waals surface area contributed by atoms with Gasteiger partial charge in [0.05, 0.1) is 17.6 Å². The maximum Gasteiger partial charge on any atom is 0.263 e. The van der Waals surface area contributed by atoms with Crippen LogP contribution in [0.4, 0.5) is 0 Å². The molecule has 0 aromatic carbocycles. The Morgan fingerprint density at radius 1 is 1.36 bits per heavy atom. The van der Waals surface area contributed by atoms with Crippen molar-refractivity contribution >= 4 is 39.1 Å². The lowest BCUT2D eigenvalue weighted by molar-refractivity contribution is -0.0379. The van der Waals surface area contributed by atoms with E-state index in [1.54, 1.807) is 23.0 Å². The molecule has 3 aromatic rings. The van der Waals surface area contributed by atoms with Gasteiger partial charge in [-0.25, -0.2) is 4.40 Å². The number of aryl methyl sites for hydroxylation is 1. The summed E-state index contributed by atoms with van der Waals surface area (Å²) in [4.78, 5) is 14.9. The van der Waals surface area contributed by atoms with Gasteiger partial charge in [-0.2, -0.15) is 0 Å². The highest BCUT2D eigenvalue weighted by molar-refractivity contribution is 7.98. The molecule has 0 saturated heterocycles. The molecule has 1 aliphatic rings. The van der Waals surface area contributed by atoms with E-state index in [1.807, 2.05) is 10.7 Å². The second-order valence-corrected chi connectivity index (χ2v) is 7.95. The fraction of sp³-hybridized carbons (Fsp3) is 0.500. The van der Waals surface area contributed by atoms with Gasteiger partial charge in [0, 0.05) is 18.3 Å². The second-order valence-electron chi connectivity index (χ2n) is 6.10. The van der Waals surface area contributed by atoms with Gasteiger partial charge in [0.1, 0.15) is 4.83 Å². The Morgan fingerprint density at radius 3 is 2.86 bits per heavy atom. The van der Waals surface area contributed by atoms with E-state index < -0.39 is 0 Å². The topological polar surface area (TPSA) is 61.4 Å². The van der Waals surface area contributed by atoms with E-state index in [9.17, 15) is 4.79 Å². The minimum Gasteiger partial charge on any atom is -0.370 e. The number of fused-ring (bicyclic) bond motifs is 5. The standard InChI is InChI=1S/C14H16N4O2S2/c1-14(2)5-7-8(6-20-14)22-11-9(7)10(19)17(3)12-15-16-13(21-4)18(11)12/h5-6H2,1-4H3. The van der Waals surface area contributed by atoms with Gasteiger partial charge in [-0.1, -0.05) is 11.8 Å². The van der Waals surface area contributed by atoms with E-state index in [-0.39, 0.29) is 11.2 Å². The Morgan fingerprint density at radius 2 is 2.14 bits per heavy atom. The Kier molecular flexibility index (Phi) is 2.95. The van der Waals surface area contributed by atoms with Crippen LogP contribution in [0.5, 0.6) is 0 Å². The quantitative estimate of drug-likeness (QED) is 0.638. The van der Waals surface area contributed by atoms with E-state index >= 15 is 0 Å². The summed E-state index contributed by atoms with van der Waals surface area (Å²) in [5.74, 6) is 0.584. The molecule has 4 heterocycles. The smallest absolute Gasteiger partial charge is 0.263 e. The zero-order valence-corrected chi connectivity index (χ0v) is 14.5. The molecule has 0 spiro atoms. The van der Waals surface area contributed by atoms with Crippen LogP contribution in [0.1, 0.15) is 24.3 Å². The molecule has 0 bridgehead atoms. The first kappa shape index (κ1) is 14.2. The first-order valence-electron chi connectivity index (χ1n) is 6.99. The summed E-state index contributed by atoms with van der Waals surface area (Å²) in [6.45, 7) is 4.69. The Balaban J connectivity index is 2.19. The Labute approximate surface area is 135 Å². The zero-order chi connectivity index (χ0) is 15.6. The van der Waals surface area contributed by atoms with Crippen LogP contribution in [0.3, 0.4) is 0 Å². The third-order valence-electron chi connectivity index (χ3n) is 4.09. The van der Waals surface area contributed by atoms with Crippen molar-refractivity contribution in [1.29, 1.82) is 0 Å². The molecule has 0 aliphatic carbocycles. The van der Waals surface area contributed by atoms with Gasteiger partial charge in [0.15, 0.2) is 5.16 Å². The average Bonchev–Trinajstić information content (AvgIpc) is 3.04. The number of hydrogen-bond acceptors (Lipinski definition) is 6. The molecule has 0 saturated carbocycles. The highest BCUT2D eigenvalue weighted by Crippen LogP contribution is 2.38. The molecule has 0 unspecified atom stereocenters. The minimum absolute atomic E-state index is 0.00208. The molecule has 1 aliphatic heterocycles. The molecule has 3 aromatic heterocycles. The van der Waals surface area contributed by atoms with E-state index in [4.69, 9.17) is 4.74 Å². The van der Waals surface area contributed by atoms with Crippen molar-refractivity contribution in [3.63, 3.8) is 0 Å². The number of thioether (sulfide) groups is 1. The molecule has 0 atom stereocenters. The lowest BCUT2D eigenvalue weighted by Gasteiger charge is -2.29. The third kappa shape index (κ3) is 1.80. The van der Waals surface area contributed by atoms with Crippen LogP contribution in [0.15, 0.2) is 9.95 Å². The van der Waals surface area contributed by atoms with Crippen molar-refractivity contribution in [3.8, 4) is 0 Å². The molecule has 22 heavy (non-hydrogen) atoms. The lowest BCUT2D eigenvalue weighted by Crippen LogP contribution is -2.32. The number of nitrogens with zero attached hydrogens (tertiary/aromatic N) is 4. The summed E-state index contributed by atoms with van der Waals surface area (Å²) in [7, 11) is 1.75. The van der Waals surface area contributed by atoms with E-state index in [0.29, 0.717) is 12.4 Å². The second kappa shape index (κ2) is 4.56. The summed E-state index contributed by atoms with van der Waals surface area (Å²) in [5.41, 5.74) is 0.883. The highest BCUT2D eigenvalue weighted by Gasteiger charge is 2.31. The number of rotatable bonds is 1. The predicted octanol–water partition coefficient (Wildman–Crippen LogP) is 2.22. The van der Waals surface area contributed by atoms with Gasteiger partial charge < -0.3 is 4.74 Å². The van der Waals surface area contributed by atoms with Crippen LogP contribution in [-0.2, 0) is 24.8 Å². The Bertz CT molecular complexity index is 967. The van der Waals surface area contributed by atoms with E-state index in [1.165, 1.54) is 11.8 Å². The number of hydrogen-bond donors (Lipinski definition) is 0. The first-order chi connectivity index (χ1) is 10.4. The third-order valence-corrected chi connectivity index (χ3v) is 5.91. The lowest BCUT2D eigenvalue weighted by atomic mass is 9.94. The van der Waals surface area contributed by atoms with Crippen molar-refractivity contribution < 1.29 is 4.74 Å². The van der Waals surface area contributed by atoms with Crippen molar-refractivity contribution in [2.75, 3.05) is 6.26 Å². The maximum atomic E-state index is 12.8. The van der Waals surface area contributed by atoms with Crippen LogP contribution in [0, 0.1) is 0 Å². The molecule has 4 rings (SSSR count). The molecule has 0 amide bonds. The van der Waals surface area contributed by atoms with Gasteiger partial charge in [-0.05, 0) is 25.7 Å². The molecule has 0 radical (unpaired) electrons. The zero-order valence-electron chi connectivity index (χ0n) is 12.8. The van der Waals surface area contributed by atoms with Crippen LogP contribution in [0.2, 0.25) is 0 Å². The molecule has 0 fully saturated rings. The summed E-state index contributed by atoms with van der Waals surface area (Å²) in [5, 5.41) is 9.95. The van der Waals surface area contributed by atoms with Crippen molar-refractivity contribution in [1.82, 2.24) is 19.2 Å². The highest BCUT2D eigenvalue weighted by atomic mass is 32.2. The van der Waals surface area contributed by atoms with Crippen molar-refractivity contribution in [3.05, 3.63) is 20.8 Å². The molecular formula is C14H16N4O2S2. The maximum absolute atomic E-state index is 12.8. The SMILES string of the molecule is CSc1nnc2n(C)c(=O)c3c4c(sc3n12)COC(C)(C)C4. The summed E-state index contributed by atoms with van der Waals surface area (Å²) in [6, 6.07) is 0. The molecular weight excluding hydrogens is 320 g/mol. The van der Waals surface area contributed by atoms with Gasteiger partial charge >= 0.3 is 0 Å². The minimum atomic E-state index is -0.240. The summed E-state index contributed by atoms with van der Waals surface area (Å²) >= 11 is 3.15. The molecule has 8 heteroatoms. The van der Waals surface area contributed by atoms with Gasteiger partial charge in [0.25, 0.3) is 5.56 Å². The fourth-order valence-corrected chi connectivity index (χ4v) is 4.72. The van der Waals surface area contributed by atoms with Crippen LogP contribution < -0.4 is 5.56 Å². The van der Waals surface area contributed by atoms with Crippen LogP contribution in [0.25, 0.3) is 16.0 Å². The monoisotopic (exact) mass is 336 g/mol. The molecule has 116 valence electrons. The number of aromatic nitrogens is 4. The van der Waals surface area contributed by atoms with Gasteiger partial charge in [-0.3, -0.25) is 9.36 Å². The van der Waals surface area contributed by atoms with Crippen molar-refractivity contribution in [2.24, 2.45) is 7.05 Å². The Hall–Kier alpha value is -1.38. The van der Waals surface area contributed by atoms with Crippen molar-refractivity contribution in [2.45, 2.75) is 37.6 Å². The van der Waals surface area contributed by atoms with Crippen LogP contribution in [-0.4, -0.2) is 31.0 Å². The predicted molar refractivity (Wildman–Crippen MR) is 88.0 cm³/mol. The van der Waals surface area contributed by atoms with Gasteiger partial charge in [-0.15, -0.1) is 21.5 Å². The molecule has 0 N–H and O–H groups in total. The molecule has 6 nitrogen and oxygen atoms in total. The number of thiophene rings is 1. The number of ether oxygens (including phenoxy) is 1. The summed E-state index contributed by atoms with van der Waals surface area (Å²) in [6.07, 6.45) is 2.72. The average molecular weight is 336 g/mol. The first-order valence-corrected chi connectivity index (χ1v) is 9.03. The summed E-state index contributed by atoms with van der Waals surface area (Å²) < 4.78 is 9.47. The normalized spacial score (nSPS) is 17.3. The van der Waals surface area contributed by atoms with E-state index in [2.05, 4.69) is 24.0 Å². The van der Waals surface area contributed by atoms with E-state index in [0.717, 1.165) is 32.2 Å². The largest absolute Gasteiger partial charge is 0.370 e. The van der Waals surface area contributed by atoms with Gasteiger partial charge in [0.2, 0.25) is 5.78 Å².